The van der Waals surface area contributed by atoms with Crippen LogP contribution in [0.1, 0.15) is 40.0 Å². The number of urea groups is 1. The van der Waals surface area contributed by atoms with E-state index in [0.29, 0.717) is 24.4 Å². The number of nitrogens with zero attached hydrogens (tertiary/aromatic N) is 5. The number of nitrogens with one attached hydrogen (secondary N) is 2. The van der Waals surface area contributed by atoms with Gasteiger partial charge in [0.2, 0.25) is 5.91 Å². The molecule has 1 saturated heterocycles. The number of hydrogen-bond acceptors (Lipinski definition) is 6. The molecular formula is C20H25N7O3. The third-order valence-corrected chi connectivity index (χ3v) is 5.69. The van der Waals surface area contributed by atoms with E-state index in [1.807, 2.05) is 0 Å². The van der Waals surface area contributed by atoms with Gasteiger partial charge >= 0.3 is 6.03 Å². The molecule has 2 aromatic rings. The second-order valence-electron chi connectivity index (χ2n) is 9.11. The fraction of sp³-hybridized carbons (Fsp3) is 0.500. The Morgan fingerprint density at radius 3 is 2.60 bits per heavy atom. The lowest BCUT2D eigenvalue weighted by Crippen LogP contribution is -2.54. The molecule has 4 rings (SSSR count). The van der Waals surface area contributed by atoms with Crippen molar-refractivity contribution in [2.75, 3.05) is 11.9 Å². The standard InChI is InChI=1S/C20H25N7O3/c1-13-8-19(2,3)11-20(9-13)17(29)26(18(30)23-20)10-16(28)22-14-4-6-15(7-5-14)27-12-21-24-25-27/h4-7,12-13H,8-11H2,1-3H3,(H,22,28)(H,23,30)/t13-,20+/m1/s1. The zero-order valence-electron chi connectivity index (χ0n) is 17.3. The second-order valence-corrected chi connectivity index (χ2v) is 9.11. The number of anilines is 1. The summed E-state index contributed by atoms with van der Waals surface area (Å²) in [5.41, 5.74) is 0.320. The number of carbonyl (C=O) groups excluding carboxylic acids is 3. The maximum Gasteiger partial charge on any atom is 0.325 e. The van der Waals surface area contributed by atoms with Crippen LogP contribution in [0, 0.1) is 11.3 Å². The third kappa shape index (κ3) is 3.77. The minimum Gasteiger partial charge on any atom is -0.325 e. The van der Waals surface area contributed by atoms with Crippen molar-refractivity contribution in [2.45, 2.75) is 45.6 Å². The molecule has 1 aliphatic carbocycles. The van der Waals surface area contributed by atoms with E-state index in [2.05, 4.69) is 46.9 Å². The van der Waals surface area contributed by atoms with Gasteiger partial charge in [-0.1, -0.05) is 20.8 Å². The van der Waals surface area contributed by atoms with Crippen LogP contribution in [0.15, 0.2) is 30.6 Å². The monoisotopic (exact) mass is 411 g/mol. The van der Waals surface area contributed by atoms with Crippen LogP contribution in [0.4, 0.5) is 10.5 Å². The number of imide groups is 1. The summed E-state index contributed by atoms with van der Waals surface area (Å²) in [6.45, 7) is 5.99. The van der Waals surface area contributed by atoms with Gasteiger partial charge < -0.3 is 10.6 Å². The summed E-state index contributed by atoms with van der Waals surface area (Å²) in [5, 5.41) is 16.6. The molecule has 2 fully saturated rings. The fourth-order valence-corrected chi connectivity index (χ4v) is 4.97. The van der Waals surface area contributed by atoms with Crippen molar-refractivity contribution in [1.82, 2.24) is 30.4 Å². The third-order valence-electron chi connectivity index (χ3n) is 5.69. The van der Waals surface area contributed by atoms with E-state index >= 15 is 0 Å². The van der Waals surface area contributed by atoms with Crippen LogP contribution in [-0.4, -0.2) is 55.0 Å². The van der Waals surface area contributed by atoms with Crippen LogP contribution in [0.2, 0.25) is 0 Å². The minimum atomic E-state index is -0.911. The molecule has 2 aliphatic rings. The van der Waals surface area contributed by atoms with Gasteiger partial charge in [0.05, 0.1) is 5.69 Å². The van der Waals surface area contributed by atoms with Crippen LogP contribution in [0.3, 0.4) is 0 Å². The number of tetrazole rings is 1. The van der Waals surface area contributed by atoms with E-state index in [4.69, 9.17) is 0 Å². The average Bonchev–Trinajstić information content (AvgIpc) is 3.25. The van der Waals surface area contributed by atoms with Gasteiger partial charge in [-0.05, 0) is 65.3 Å². The van der Waals surface area contributed by atoms with E-state index in [-0.39, 0.29) is 17.9 Å². The van der Waals surface area contributed by atoms with Crippen LogP contribution in [-0.2, 0) is 9.59 Å². The van der Waals surface area contributed by atoms with Gasteiger partial charge in [0.1, 0.15) is 18.4 Å². The Hall–Kier alpha value is -3.30. The van der Waals surface area contributed by atoms with Crippen molar-refractivity contribution in [1.29, 1.82) is 0 Å². The molecule has 1 aromatic heterocycles. The van der Waals surface area contributed by atoms with Crippen molar-refractivity contribution in [3.63, 3.8) is 0 Å². The number of amides is 4. The lowest BCUT2D eigenvalue weighted by Gasteiger charge is -2.43. The summed E-state index contributed by atoms with van der Waals surface area (Å²) in [5.74, 6) is -0.435. The minimum absolute atomic E-state index is 0.0553. The summed E-state index contributed by atoms with van der Waals surface area (Å²) >= 11 is 0. The van der Waals surface area contributed by atoms with E-state index in [1.165, 1.54) is 11.0 Å². The summed E-state index contributed by atoms with van der Waals surface area (Å²) in [6, 6.07) is 6.40. The highest BCUT2D eigenvalue weighted by atomic mass is 16.2. The first-order valence-electron chi connectivity index (χ1n) is 9.95. The normalized spacial score (nSPS) is 25.4. The molecule has 0 radical (unpaired) electrons. The highest BCUT2D eigenvalue weighted by molar-refractivity contribution is 6.10. The second kappa shape index (κ2) is 7.19. The first-order valence-corrected chi connectivity index (χ1v) is 9.95. The highest BCUT2D eigenvalue weighted by Crippen LogP contribution is 2.46. The lowest BCUT2D eigenvalue weighted by molar-refractivity contribution is -0.136. The maximum atomic E-state index is 13.1. The molecular weight excluding hydrogens is 386 g/mol. The zero-order valence-corrected chi connectivity index (χ0v) is 17.3. The average molecular weight is 411 g/mol. The molecule has 0 unspecified atom stereocenters. The number of rotatable bonds is 4. The number of benzene rings is 1. The summed E-state index contributed by atoms with van der Waals surface area (Å²) in [7, 11) is 0. The molecule has 1 aliphatic heterocycles. The molecule has 2 atom stereocenters. The molecule has 1 aromatic carbocycles. The molecule has 4 amide bonds. The number of carbonyl (C=O) groups is 3. The highest BCUT2D eigenvalue weighted by Gasteiger charge is 2.56. The predicted octanol–water partition coefficient (Wildman–Crippen LogP) is 1.74. The SMILES string of the molecule is C[C@@H]1CC(C)(C)C[C@]2(C1)NC(=O)N(CC(=O)Nc1ccc(-n3cnnn3)cc1)C2=O. The molecule has 10 heteroatoms. The summed E-state index contributed by atoms with van der Waals surface area (Å²) < 4.78 is 1.49. The van der Waals surface area contributed by atoms with Crippen molar-refractivity contribution in [3.05, 3.63) is 30.6 Å². The van der Waals surface area contributed by atoms with Gasteiger partial charge in [0.25, 0.3) is 5.91 Å². The topological polar surface area (TPSA) is 122 Å². The molecule has 1 spiro atoms. The number of hydrogen-bond donors (Lipinski definition) is 2. The van der Waals surface area contributed by atoms with Crippen molar-refractivity contribution in [2.24, 2.45) is 11.3 Å². The molecule has 1 saturated carbocycles. The van der Waals surface area contributed by atoms with E-state index < -0.39 is 17.5 Å². The van der Waals surface area contributed by atoms with Crippen molar-refractivity contribution >= 4 is 23.5 Å². The van der Waals surface area contributed by atoms with Gasteiger partial charge in [-0.2, -0.15) is 0 Å². The van der Waals surface area contributed by atoms with Crippen LogP contribution >= 0.6 is 0 Å². The van der Waals surface area contributed by atoms with Gasteiger partial charge in [-0.25, -0.2) is 9.48 Å². The Morgan fingerprint density at radius 1 is 1.23 bits per heavy atom. The predicted molar refractivity (Wildman–Crippen MR) is 108 cm³/mol. The van der Waals surface area contributed by atoms with Gasteiger partial charge in [0.15, 0.2) is 0 Å². The molecule has 158 valence electrons. The first-order chi connectivity index (χ1) is 14.2. The molecule has 10 nitrogen and oxygen atoms in total. The smallest absolute Gasteiger partial charge is 0.325 e. The fourth-order valence-electron chi connectivity index (χ4n) is 4.97. The Balaban J connectivity index is 1.42. The van der Waals surface area contributed by atoms with Crippen LogP contribution < -0.4 is 10.6 Å². The van der Waals surface area contributed by atoms with Crippen LogP contribution in [0.25, 0.3) is 5.69 Å². The van der Waals surface area contributed by atoms with E-state index in [1.54, 1.807) is 24.3 Å². The zero-order chi connectivity index (χ0) is 21.5. The Bertz CT molecular complexity index is 971. The first kappa shape index (κ1) is 20.0. The van der Waals surface area contributed by atoms with Gasteiger partial charge in [0, 0.05) is 5.69 Å². The largest absolute Gasteiger partial charge is 0.325 e. The molecule has 0 bridgehead atoms. The van der Waals surface area contributed by atoms with Crippen LogP contribution in [0.5, 0.6) is 0 Å². The summed E-state index contributed by atoms with van der Waals surface area (Å²) in [4.78, 5) is 39.2. The molecule has 2 N–H and O–H groups in total. The maximum absolute atomic E-state index is 13.1. The van der Waals surface area contributed by atoms with E-state index in [0.717, 1.165) is 17.0 Å². The number of aromatic nitrogens is 4. The Kier molecular flexibility index (Phi) is 4.79. The molecule has 30 heavy (non-hydrogen) atoms. The quantitative estimate of drug-likeness (QED) is 0.739. The van der Waals surface area contributed by atoms with Gasteiger partial charge in [-0.15, -0.1) is 5.10 Å². The summed E-state index contributed by atoms with van der Waals surface area (Å²) in [6.07, 6.45) is 3.64. The Morgan fingerprint density at radius 2 is 1.97 bits per heavy atom. The van der Waals surface area contributed by atoms with Gasteiger partial charge in [-0.3, -0.25) is 14.5 Å². The van der Waals surface area contributed by atoms with Crippen molar-refractivity contribution < 1.29 is 14.4 Å². The molecule has 2 heterocycles. The van der Waals surface area contributed by atoms with E-state index in [9.17, 15) is 14.4 Å². The van der Waals surface area contributed by atoms with Crippen molar-refractivity contribution in [3.8, 4) is 5.69 Å². The lowest BCUT2D eigenvalue weighted by atomic mass is 9.64. The Labute approximate surface area is 174 Å².